The highest BCUT2D eigenvalue weighted by molar-refractivity contribution is 8.15. The van der Waals surface area contributed by atoms with Crippen LogP contribution in [0.25, 0.3) is 10.8 Å². The maximum atomic E-state index is 4.62. The molecule has 3 heteroatoms. The molecular weight excluding hydrogens is 252 g/mol. The van der Waals surface area contributed by atoms with E-state index in [9.17, 15) is 0 Å². The van der Waals surface area contributed by atoms with Gasteiger partial charge in [-0.2, -0.15) is 0 Å². The first-order valence-corrected chi connectivity index (χ1v) is 7.73. The standard InChI is InChI=1S/C16H16N2S/c1-2-4-13-9-14(8-7-11(13)3-1)18-16-17-10-15(19-16)12-5-6-12/h1-4,7-9,12,15H,5-6,10H2,(H,17,18). The molecule has 1 heterocycles. The van der Waals surface area contributed by atoms with E-state index in [-0.39, 0.29) is 0 Å². The van der Waals surface area contributed by atoms with Crippen molar-refractivity contribution in [2.75, 3.05) is 11.9 Å². The number of fused-ring (bicyclic) bond motifs is 1. The second-order valence-corrected chi connectivity index (χ2v) is 6.55. The van der Waals surface area contributed by atoms with Gasteiger partial charge in [0, 0.05) is 10.9 Å². The van der Waals surface area contributed by atoms with Gasteiger partial charge in [-0.05, 0) is 41.7 Å². The minimum atomic E-state index is 0.725. The quantitative estimate of drug-likeness (QED) is 0.885. The Morgan fingerprint density at radius 1 is 1.05 bits per heavy atom. The summed E-state index contributed by atoms with van der Waals surface area (Å²) in [7, 11) is 0. The van der Waals surface area contributed by atoms with Crippen LogP contribution in [0.3, 0.4) is 0 Å². The van der Waals surface area contributed by atoms with Crippen molar-refractivity contribution < 1.29 is 0 Å². The number of hydrogen-bond acceptors (Lipinski definition) is 3. The van der Waals surface area contributed by atoms with Crippen LogP contribution in [0.15, 0.2) is 47.5 Å². The lowest BCUT2D eigenvalue weighted by Crippen LogP contribution is -2.08. The average Bonchev–Trinajstić information content (AvgIpc) is 3.20. The van der Waals surface area contributed by atoms with Crippen molar-refractivity contribution >= 4 is 33.4 Å². The summed E-state index contributed by atoms with van der Waals surface area (Å²) < 4.78 is 0. The van der Waals surface area contributed by atoms with Gasteiger partial charge >= 0.3 is 0 Å². The van der Waals surface area contributed by atoms with Crippen molar-refractivity contribution in [3.05, 3.63) is 42.5 Å². The molecule has 0 spiro atoms. The predicted molar refractivity (Wildman–Crippen MR) is 84.0 cm³/mol. The molecule has 2 aliphatic rings. The lowest BCUT2D eigenvalue weighted by atomic mass is 10.1. The van der Waals surface area contributed by atoms with E-state index in [0.717, 1.165) is 28.6 Å². The van der Waals surface area contributed by atoms with Crippen molar-refractivity contribution in [1.82, 2.24) is 0 Å². The van der Waals surface area contributed by atoms with Gasteiger partial charge in [-0.15, -0.1) is 0 Å². The molecule has 1 fully saturated rings. The Hall–Kier alpha value is -1.48. The number of rotatable bonds is 2. The van der Waals surface area contributed by atoms with Gasteiger partial charge in [0.25, 0.3) is 0 Å². The van der Waals surface area contributed by atoms with E-state index in [2.05, 4.69) is 52.8 Å². The van der Waals surface area contributed by atoms with Crippen LogP contribution >= 0.6 is 11.8 Å². The molecule has 0 radical (unpaired) electrons. The summed E-state index contributed by atoms with van der Waals surface area (Å²) in [6, 6.07) is 14.9. The fourth-order valence-corrected chi connectivity index (χ4v) is 3.79. The van der Waals surface area contributed by atoms with Crippen molar-refractivity contribution in [3.8, 4) is 0 Å². The van der Waals surface area contributed by atoms with Crippen LogP contribution in [-0.2, 0) is 0 Å². The molecule has 0 amide bonds. The molecule has 1 N–H and O–H groups in total. The Morgan fingerprint density at radius 2 is 1.89 bits per heavy atom. The van der Waals surface area contributed by atoms with E-state index >= 15 is 0 Å². The first-order valence-electron chi connectivity index (χ1n) is 6.85. The van der Waals surface area contributed by atoms with E-state index in [1.807, 2.05) is 11.8 Å². The molecule has 1 aliphatic carbocycles. The summed E-state index contributed by atoms with van der Waals surface area (Å²) in [6.45, 7) is 0.991. The summed E-state index contributed by atoms with van der Waals surface area (Å²) in [5.74, 6) is 0.921. The van der Waals surface area contributed by atoms with Crippen LogP contribution in [0.4, 0.5) is 5.69 Å². The SMILES string of the molecule is c1ccc2cc(NC3=NCC(C4CC4)S3)ccc2c1. The van der Waals surface area contributed by atoms with Crippen LogP contribution < -0.4 is 5.32 Å². The minimum absolute atomic E-state index is 0.725. The number of amidine groups is 1. The lowest BCUT2D eigenvalue weighted by Gasteiger charge is -2.08. The van der Waals surface area contributed by atoms with Crippen LogP contribution in [0.1, 0.15) is 12.8 Å². The summed E-state index contributed by atoms with van der Waals surface area (Å²) in [6.07, 6.45) is 2.80. The smallest absolute Gasteiger partial charge is 0.161 e. The van der Waals surface area contributed by atoms with E-state index < -0.39 is 0 Å². The first-order chi connectivity index (χ1) is 9.38. The molecule has 1 saturated carbocycles. The zero-order chi connectivity index (χ0) is 12.7. The second-order valence-electron chi connectivity index (χ2n) is 5.33. The highest BCUT2D eigenvalue weighted by Crippen LogP contribution is 2.42. The summed E-state index contributed by atoms with van der Waals surface area (Å²) in [5.41, 5.74) is 1.14. The van der Waals surface area contributed by atoms with Gasteiger partial charge in [0.1, 0.15) is 0 Å². The number of benzene rings is 2. The molecule has 1 aliphatic heterocycles. The molecule has 4 rings (SSSR count). The monoisotopic (exact) mass is 268 g/mol. The van der Waals surface area contributed by atoms with Crippen LogP contribution in [0.2, 0.25) is 0 Å². The van der Waals surface area contributed by atoms with Crippen molar-refractivity contribution in [3.63, 3.8) is 0 Å². The Morgan fingerprint density at radius 3 is 2.74 bits per heavy atom. The normalized spacial score (nSPS) is 22.5. The molecule has 2 aromatic rings. The lowest BCUT2D eigenvalue weighted by molar-refractivity contribution is 0.773. The maximum absolute atomic E-state index is 4.62. The van der Waals surface area contributed by atoms with Gasteiger partial charge in [-0.3, -0.25) is 4.99 Å². The van der Waals surface area contributed by atoms with Gasteiger partial charge in [-0.1, -0.05) is 42.1 Å². The van der Waals surface area contributed by atoms with Crippen molar-refractivity contribution in [2.45, 2.75) is 18.1 Å². The van der Waals surface area contributed by atoms with E-state index in [1.165, 1.54) is 23.6 Å². The van der Waals surface area contributed by atoms with E-state index in [4.69, 9.17) is 0 Å². The summed E-state index contributed by atoms with van der Waals surface area (Å²) in [4.78, 5) is 4.62. The number of thioether (sulfide) groups is 1. The summed E-state index contributed by atoms with van der Waals surface area (Å²) >= 11 is 1.92. The largest absolute Gasteiger partial charge is 0.335 e. The van der Waals surface area contributed by atoms with Gasteiger partial charge in [-0.25, -0.2) is 0 Å². The first kappa shape index (κ1) is 11.4. The third-order valence-electron chi connectivity index (χ3n) is 3.83. The van der Waals surface area contributed by atoms with Crippen molar-refractivity contribution in [2.24, 2.45) is 10.9 Å². The highest BCUT2D eigenvalue weighted by Gasteiger charge is 2.35. The Bertz CT molecular complexity index is 646. The molecule has 2 aromatic carbocycles. The fourth-order valence-electron chi connectivity index (χ4n) is 2.56. The van der Waals surface area contributed by atoms with Gasteiger partial charge in [0.2, 0.25) is 0 Å². The number of aliphatic imine (C=N–C) groups is 1. The molecule has 1 unspecified atom stereocenters. The highest BCUT2D eigenvalue weighted by atomic mass is 32.2. The third kappa shape index (κ3) is 2.35. The van der Waals surface area contributed by atoms with Gasteiger partial charge in [0.15, 0.2) is 5.17 Å². The van der Waals surface area contributed by atoms with Crippen LogP contribution in [0.5, 0.6) is 0 Å². The number of anilines is 1. The van der Waals surface area contributed by atoms with E-state index in [0.29, 0.717) is 0 Å². The van der Waals surface area contributed by atoms with Gasteiger partial charge in [0.05, 0.1) is 6.54 Å². The maximum Gasteiger partial charge on any atom is 0.161 e. The number of nitrogens with one attached hydrogen (secondary N) is 1. The molecular formula is C16H16N2S. The van der Waals surface area contributed by atoms with Gasteiger partial charge < -0.3 is 5.32 Å². The predicted octanol–water partition coefficient (Wildman–Crippen LogP) is 4.13. The second kappa shape index (κ2) is 4.57. The van der Waals surface area contributed by atoms with Crippen LogP contribution in [0, 0.1) is 5.92 Å². The fraction of sp³-hybridized carbons (Fsp3) is 0.312. The third-order valence-corrected chi connectivity index (χ3v) is 5.12. The number of nitrogens with zero attached hydrogens (tertiary/aromatic N) is 1. The molecule has 2 nitrogen and oxygen atoms in total. The molecule has 0 saturated heterocycles. The molecule has 96 valence electrons. The molecule has 0 bridgehead atoms. The Kier molecular flexibility index (Phi) is 2.73. The Balaban J connectivity index is 1.52. The minimum Gasteiger partial charge on any atom is -0.335 e. The zero-order valence-corrected chi connectivity index (χ0v) is 11.5. The van der Waals surface area contributed by atoms with Crippen LogP contribution in [-0.4, -0.2) is 17.0 Å². The Labute approximate surface area is 117 Å². The molecule has 19 heavy (non-hydrogen) atoms. The molecule has 0 aromatic heterocycles. The zero-order valence-electron chi connectivity index (χ0n) is 10.7. The average molecular weight is 268 g/mol. The van der Waals surface area contributed by atoms with E-state index in [1.54, 1.807) is 0 Å². The molecule has 1 atom stereocenters. The summed E-state index contributed by atoms with van der Waals surface area (Å²) in [5, 5.41) is 7.83. The topological polar surface area (TPSA) is 24.4 Å². The number of hydrogen-bond donors (Lipinski definition) is 1. The van der Waals surface area contributed by atoms with Crippen molar-refractivity contribution in [1.29, 1.82) is 0 Å².